The van der Waals surface area contributed by atoms with Crippen LogP contribution in [0.15, 0.2) is 18.3 Å². The summed E-state index contributed by atoms with van der Waals surface area (Å²) in [7, 11) is 0. The van der Waals surface area contributed by atoms with Gasteiger partial charge in [-0.15, -0.1) is 0 Å². The number of carbonyl (C=O) groups excluding carboxylic acids is 1. The molecule has 1 amide bonds. The summed E-state index contributed by atoms with van der Waals surface area (Å²) in [5, 5.41) is 6.20. The summed E-state index contributed by atoms with van der Waals surface area (Å²) in [6.45, 7) is 3.78. The van der Waals surface area contributed by atoms with Gasteiger partial charge in [0.2, 0.25) is 0 Å². The van der Waals surface area contributed by atoms with Crippen LogP contribution in [-0.2, 0) is 11.3 Å². The Labute approximate surface area is 120 Å². The molecule has 20 heavy (non-hydrogen) atoms. The number of hydrogen-bond donors (Lipinski definition) is 2. The first kappa shape index (κ1) is 14.8. The Morgan fingerprint density at radius 2 is 2.20 bits per heavy atom. The minimum Gasteiger partial charge on any atom is -0.482 e. The summed E-state index contributed by atoms with van der Waals surface area (Å²) in [5.74, 6) is 0.584. The lowest BCUT2D eigenvalue weighted by Crippen LogP contribution is -2.36. The van der Waals surface area contributed by atoms with E-state index in [1.54, 1.807) is 6.20 Å². The average Bonchev–Trinajstić information content (AvgIpc) is 2.97. The summed E-state index contributed by atoms with van der Waals surface area (Å²) < 4.78 is 5.44. The van der Waals surface area contributed by atoms with E-state index in [-0.39, 0.29) is 12.5 Å². The third kappa shape index (κ3) is 4.81. The molecule has 2 N–H and O–H groups in total. The highest BCUT2D eigenvalue weighted by Crippen LogP contribution is 2.17. The van der Waals surface area contributed by atoms with Gasteiger partial charge in [0.1, 0.15) is 5.75 Å². The maximum atomic E-state index is 11.7. The van der Waals surface area contributed by atoms with Crippen molar-refractivity contribution < 1.29 is 9.53 Å². The maximum absolute atomic E-state index is 11.7. The van der Waals surface area contributed by atoms with Crippen LogP contribution >= 0.6 is 0 Å². The number of nitrogens with zero attached hydrogens (tertiary/aromatic N) is 1. The normalized spacial score (nSPS) is 15.2. The van der Waals surface area contributed by atoms with E-state index in [1.165, 1.54) is 12.8 Å². The number of carbonyl (C=O) groups is 1. The van der Waals surface area contributed by atoms with Crippen LogP contribution in [0, 0.1) is 0 Å². The van der Waals surface area contributed by atoms with E-state index in [9.17, 15) is 4.79 Å². The number of aromatic nitrogens is 1. The van der Waals surface area contributed by atoms with Crippen LogP contribution in [0.5, 0.6) is 5.75 Å². The second kappa shape index (κ2) is 7.85. The Morgan fingerprint density at radius 3 is 2.85 bits per heavy atom. The van der Waals surface area contributed by atoms with E-state index in [0.29, 0.717) is 11.8 Å². The molecule has 2 rings (SSSR count). The molecule has 5 nitrogen and oxygen atoms in total. The van der Waals surface area contributed by atoms with Gasteiger partial charge in [-0.3, -0.25) is 9.78 Å². The molecule has 0 aromatic carbocycles. The summed E-state index contributed by atoms with van der Waals surface area (Å²) in [6, 6.07) is 4.10. The van der Waals surface area contributed by atoms with Crippen molar-refractivity contribution in [1.29, 1.82) is 0 Å². The van der Waals surface area contributed by atoms with Crippen LogP contribution in [0.4, 0.5) is 0 Å². The third-order valence-corrected chi connectivity index (χ3v) is 3.44. The molecule has 0 unspecified atom stereocenters. The molecule has 5 heteroatoms. The van der Waals surface area contributed by atoms with Crippen molar-refractivity contribution in [3.63, 3.8) is 0 Å². The lowest BCUT2D eigenvalue weighted by Gasteiger charge is -2.12. The Hall–Kier alpha value is -1.62. The van der Waals surface area contributed by atoms with Crippen molar-refractivity contribution in [2.75, 3.05) is 13.2 Å². The SMILES string of the molecule is CCNCc1ccc(OCC(=O)NC2CCCC2)cn1. The van der Waals surface area contributed by atoms with Gasteiger partial charge in [0.25, 0.3) is 5.91 Å². The molecule has 1 aliphatic rings. The van der Waals surface area contributed by atoms with Crippen molar-refractivity contribution in [1.82, 2.24) is 15.6 Å². The molecule has 1 heterocycles. The van der Waals surface area contributed by atoms with Crippen molar-refractivity contribution >= 4 is 5.91 Å². The summed E-state index contributed by atoms with van der Waals surface area (Å²) in [6.07, 6.45) is 6.26. The molecule has 1 aliphatic carbocycles. The minimum absolute atomic E-state index is 0.0476. The number of ether oxygens (including phenoxy) is 1. The number of amides is 1. The third-order valence-electron chi connectivity index (χ3n) is 3.44. The van der Waals surface area contributed by atoms with Crippen molar-refractivity contribution in [2.24, 2.45) is 0 Å². The molecule has 0 aliphatic heterocycles. The molecular formula is C15H23N3O2. The Bertz CT molecular complexity index is 414. The van der Waals surface area contributed by atoms with E-state index >= 15 is 0 Å². The first-order valence-corrected chi connectivity index (χ1v) is 7.35. The highest BCUT2D eigenvalue weighted by atomic mass is 16.5. The summed E-state index contributed by atoms with van der Waals surface area (Å²) >= 11 is 0. The second-order valence-corrected chi connectivity index (χ2v) is 5.10. The minimum atomic E-state index is -0.0476. The monoisotopic (exact) mass is 277 g/mol. The molecule has 1 aromatic heterocycles. The first-order chi connectivity index (χ1) is 9.78. The lowest BCUT2D eigenvalue weighted by molar-refractivity contribution is -0.123. The van der Waals surface area contributed by atoms with Crippen LogP contribution in [0.1, 0.15) is 38.3 Å². The fraction of sp³-hybridized carbons (Fsp3) is 0.600. The number of pyridine rings is 1. The number of nitrogens with one attached hydrogen (secondary N) is 2. The van der Waals surface area contributed by atoms with Crippen LogP contribution in [0.3, 0.4) is 0 Å². The second-order valence-electron chi connectivity index (χ2n) is 5.10. The smallest absolute Gasteiger partial charge is 0.258 e. The van der Waals surface area contributed by atoms with Gasteiger partial charge in [-0.2, -0.15) is 0 Å². The largest absolute Gasteiger partial charge is 0.482 e. The van der Waals surface area contributed by atoms with Crippen LogP contribution in [-0.4, -0.2) is 30.1 Å². The molecule has 110 valence electrons. The molecule has 0 bridgehead atoms. The lowest BCUT2D eigenvalue weighted by atomic mass is 10.2. The molecule has 1 saturated carbocycles. The average molecular weight is 277 g/mol. The first-order valence-electron chi connectivity index (χ1n) is 7.35. The van der Waals surface area contributed by atoms with Gasteiger partial charge < -0.3 is 15.4 Å². The van der Waals surface area contributed by atoms with Crippen LogP contribution < -0.4 is 15.4 Å². The number of hydrogen-bond acceptors (Lipinski definition) is 4. The molecule has 0 atom stereocenters. The van der Waals surface area contributed by atoms with Gasteiger partial charge >= 0.3 is 0 Å². The Morgan fingerprint density at radius 1 is 1.40 bits per heavy atom. The standard InChI is InChI=1S/C15H23N3O2/c1-2-16-9-13-7-8-14(10-17-13)20-11-15(19)18-12-5-3-4-6-12/h7-8,10,12,16H,2-6,9,11H2,1H3,(H,18,19). The van der Waals surface area contributed by atoms with E-state index in [2.05, 4.69) is 22.5 Å². The fourth-order valence-corrected chi connectivity index (χ4v) is 2.34. The molecule has 0 radical (unpaired) electrons. The molecule has 0 saturated heterocycles. The quantitative estimate of drug-likeness (QED) is 0.795. The van der Waals surface area contributed by atoms with Gasteiger partial charge in [0.15, 0.2) is 6.61 Å². The highest BCUT2D eigenvalue weighted by molar-refractivity contribution is 5.77. The highest BCUT2D eigenvalue weighted by Gasteiger charge is 2.17. The van der Waals surface area contributed by atoms with E-state index < -0.39 is 0 Å². The van der Waals surface area contributed by atoms with Gasteiger partial charge in [0.05, 0.1) is 11.9 Å². The van der Waals surface area contributed by atoms with Crippen molar-refractivity contribution in [3.8, 4) is 5.75 Å². The molecule has 1 fully saturated rings. The van der Waals surface area contributed by atoms with Crippen LogP contribution in [0.2, 0.25) is 0 Å². The molecule has 1 aromatic rings. The summed E-state index contributed by atoms with van der Waals surface area (Å²) in [5.41, 5.74) is 0.967. The maximum Gasteiger partial charge on any atom is 0.258 e. The Kier molecular flexibility index (Phi) is 5.80. The van der Waals surface area contributed by atoms with Gasteiger partial charge in [0, 0.05) is 12.6 Å². The van der Waals surface area contributed by atoms with Gasteiger partial charge in [-0.05, 0) is 31.5 Å². The predicted molar refractivity (Wildman–Crippen MR) is 77.5 cm³/mol. The van der Waals surface area contributed by atoms with Crippen LogP contribution in [0.25, 0.3) is 0 Å². The number of rotatable bonds is 7. The fourth-order valence-electron chi connectivity index (χ4n) is 2.34. The Balaban J connectivity index is 1.71. The zero-order valence-corrected chi connectivity index (χ0v) is 12.0. The van der Waals surface area contributed by atoms with Gasteiger partial charge in [-0.25, -0.2) is 0 Å². The van der Waals surface area contributed by atoms with Crippen molar-refractivity contribution in [2.45, 2.75) is 45.2 Å². The zero-order valence-electron chi connectivity index (χ0n) is 12.0. The predicted octanol–water partition coefficient (Wildman–Crippen LogP) is 1.63. The zero-order chi connectivity index (χ0) is 14.2. The van der Waals surface area contributed by atoms with E-state index in [0.717, 1.165) is 31.6 Å². The summed E-state index contributed by atoms with van der Waals surface area (Å²) in [4.78, 5) is 16.0. The van der Waals surface area contributed by atoms with Crippen molar-refractivity contribution in [3.05, 3.63) is 24.0 Å². The van der Waals surface area contributed by atoms with E-state index in [1.807, 2.05) is 12.1 Å². The van der Waals surface area contributed by atoms with Gasteiger partial charge in [-0.1, -0.05) is 19.8 Å². The van der Waals surface area contributed by atoms with E-state index in [4.69, 9.17) is 4.74 Å². The topological polar surface area (TPSA) is 63.2 Å². The molecular weight excluding hydrogens is 254 g/mol. The molecule has 0 spiro atoms.